The van der Waals surface area contributed by atoms with E-state index in [1.54, 1.807) is 29.2 Å². The van der Waals surface area contributed by atoms with Crippen LogP contribution in [0.25, 0.3) is 0 Å². The third kappa shape index (κ3) is 5.27. The maximum absolute atomic E-state index is 14.0. The number of hydrogen-bond donors (Lipinski definition) is 2. The van der Waals surface area contributed by atoms with E-state index in [4.69, 9.17) is 0 Å². The first-order valence-electron chi connectivity index (χ1n) is 12.8. The molecule has 1 unspecified atom stereocenters. The number of carbonyl (C=O) groups is 3. The second-order valence-corrected chi connectivity index (χ2v) is 9.85. The lowest BCUT2D eigenvalue weighted by atomic mass is 9.98. The molecule has 37 heavy (non-hydrogen) atoms. The van der Waals surface area contributed by atoms with Crippen LogP contribution >= 0.6 is 0 Å². The Morgan fingerprint density at radius 3 is 2.41 bits per heavy atom. The number of fused-ring (bicyclic) bond motifs is 1. The number of aryl methyl sites for hydroxylation is 2. The van der Waals surface area contributed by atoms with Crippen molar-refractivity contribution in [3.8, 4) is 0 Å². The first-order chi connectivity index (χ1) is 17.9. The van der Waals surface area contributed by atoms with Crippen LogP contribution in [-0.4, -0.2) is 48.8 Å². The third-order valence-electron chi connectivity index (χ3n) is 7.04. The van der Waals surface area contributed by atoms with Gasteiger partial charge in [-0.25, -0.2) is 0 Å². The van der Waals surface area contributed by atoms with Crippen LogP contribution in [0.1, 0.15) is 56.3 Å². The molecule has 0 spiro atoms. The first-order valence-corrected chi connectivity index (χ1v) is 12.8. The molecular formula is C30H32N4O3. The van der Waals surface area contributed by atoms with Gasteiger partial charge >= 0.3 is 0 Å². The van der Waals surface area contributed by atoms with E-state index in [0.717, 1.165) is 36.2 Å². The van der Waals surface area contributed by atoms with Crippen molar-refractivity contribution in [1.82, 2.24) is 10.2 Å². The predicted molar refractivity (Wildman–Crippen MR) is 145 cm³/mol. The van der Waals surface area contributed by atoms with Crippen molar-refractivity contribution in [2.24, 2.45) is 0 Å². The van der Waals surface area contributed by atoms with Crippen molar-refractivity contribution in [2.75, 3.05) is 36.4 Å². The molecule has 0 radical (unpaired) electrons. The predicted octanol–water partition coefficient (Wildman–Crippen LogP) is 4.47. The second-order valence-electron chi connectivity index (χ2n) is 9.85. The van der Waals surface area contributed by atoms with E-state index >= 15 is 0 Å². The summed E-state index contributed by atoms with van der Waals surface area (Å²) in [6.07, 6.45) is 1.00. The molecule has 1 saturated heterocycles. The molecule has 0 aromatic heterocycles. The maximum Gasteiger partial charge on any atom is 0.258 e. The minimum atomic E-state index is -0.493. The molecule has 0 bridgehead atoms. The minimum Gasteiger partial charge on any atom is -0.337 e. The Morgan fingerprint density at radius 1 is 0.838 bits per heavy atom. The van der Waals surface area contributed by atoms with Crippen molar-refractivity contribution in [3.63, 3.8) is 0 Å². The minimum absolute atomic E-state index is 0.0726. The molecule has 3 aromatic rings. The van der Waals surface area contributed by atoms with Crippen molar-refractivity contribution in [2.45, 2.75) is 32.7 Å². The van der Waals surface area contributed by atoms with E-state index in [1.807, 2.05) is 61.2 Å². The van der Waals surface area contributed by atoms with Gasteiger partial charge in [-0.3, -0.25) is 19.3 Å². The summed E-state index contributed by atoms with van der Waals surface area (Å²) in [6, 6.07) is 20.2. The van der Waals surface area contributed by atoms with Crippen molar-refractivity contribution in [3.05, 3.63) is 94.5 Å². The average Bonchev–Trinajstić information content (AvgIpc) is 3.25. The highest BCUT2D eigenvalue weighted by Gasteiger charge is 2.35. The van der Waals surface area contributed by atoms with Gasteiger partial charge in [-0.1, -0.05) is 47.5 Å². The van der Waals surface area contributed by atoms with Crippen LogP contribution in [0.2, 0.25) is 0 Å². The Morgan fingerprint density at radius 2 is 1.62 bits per heavy atom. The van der Waals surface area contributed by atoms with Gasteiger partial charge in [-0.15, -0.1) is 0 Å². The van der Waals surface area contributed by atoms with E-state index in [-0.39, 0.29) is 24.1 Å². The van der Waals surface area contributed by atoms with Crippen LogP contribution in [0.15, 0.2) is 66.7 Å². The Kier molecular flexibility index (Phi) is 7.06. The van der Waals surface area contributed by atoms with Gasteiger partial charge in [0.25, 0.3) is 11.8 Å². The molecule has 190 valence electrons. The zero-order chi connectivity index (χ0) is 25.9. The number of hydrogen-bond acceptors (Lipinski definition) is 4. The van der Waals surface area contributed by atoms with Crippen molar-refractivity contribution >= 4 is 29.1 Å². The maximum atomic E-state index is 14.0. The molecule has 2 heterocycles. The summed E-state index contributed by atoms with van der Waals surface area (Å²) in [5.41, 5.74) is 5.07. The van der Waals surface area contributed by atoms with E-state index in [2.05, 4.69) is 10.6 Å². The molecular weight excluding hydrogens is 464 g/mol. The Labute approximate surface area is 217 Å². The van der Waals surface area contributed by atoms with Gasteiger partial charge in [0.1, 0.15) is 0 Å². The molecule has 3 amide bonds. The average molecular weight is 497 g/mol. The highest BCUT2D eigenvalue weighted by atomic mass is 16.2. The summed E-state index contributed by atoms with van der Waals surface area (Å²) in [4.78, 5) is 44.0. The summed E-state index contributed by atoms with van der Waals surface area (Å²) in [5.74, 6) is -0.462. The number of amides is 3. The highest BCUT2D eigenvalue weighted by molar-refractivity contribution is 6.12. The van der Waals surface area contributed by atoms with E-state index in [1.165, 1.54) is 0 Å². The number of rotatable bonds is 3. The lowest BCUT2D eigenvalue weighted by Crippen LogP contribution is -2.35. The van der Waals surface area contributed by atoms with Gasteiger partial charge < -0.3 is 15.5 Å². The summed E-state index contributed by atoms with van der Waals surface area (Å²) < 4.78 is 0. The molecule has 2 N–H and O–H groups in total. The molecule has 2 aliphatic rings. The van der Waals surface area contributed by atoms with Gasteiger partial charge in [0.15, 0.2) is 0 Å². The number of carbonyl (C=O) groups excluding carboxylic acids is 3. The molecule has 0 aliphatic carbocycles. The monoisotopic (exact) mass is 496 g/mol. The van der Waals surface area contributed by atoms with Gasteiger partial charge in [0, 0.05) is 30.8 Å². The summed E-state index contributed by atoms with van der Waals surface area (Å²) in [7, 11) is 0. The fourth-order valence-electron chi connectivity index (χ4n) is 5.07. The summed E-state index contributed by atoms with van der Waals surface area (Å²) >= 11 is 0. The molecule has 5 rings (SSSR count). The number of anilines is 2. The standard InChI is InChI=1S/C30H32N4O3/c1-20-7-9-22(10-8-20)27-19-28(35)32-25-18-24(29(36)33-15-4-13-31-14-16-33)11-12-26(25)34(27)30(37)23-6-3-5-21(2)17-23/h3,5-12,17-18,27,31H,4,13-16,19H2,1-2H3,(H,32,35). The number of nitrogens with zero attached hydrogens (tertiary/aromatic N) is 2. The van der Waals surface area contributed by atoms with Crippen LogP contribution in [0.5, 0.6) is 0 Å². The van der Waals surface area contributed by atoms with Gasteiger partial charge in [0.2, 0.25) is 5.91 Å². The normalized spacial score (nSPS) is 17.9. The van der Waals surface area contributed by atoms with Crippen LogP contribution < -0.4 is 15.5 Å². The van der Waals surface area contributed by atoms with E-state index in [0.29, 0.717) is 35.6 Å². The quantitative estimate of drug-likeness (QED) is 0.561. The Hall–Kier alpha value is -3.97. The Balaban J connectivity index is 1.59. The smallest absolute Gasteiger partial charge is 0.258 e. The zero-order valence-corrected chi connectivity index (χ0v) is 21.3. The molecule has 0 saturated carbocycles. The van der Waals surface area contributed by atoms with Crippen molar-refractivity contribution in [1.29, 1.82) is 0 Å². The lowest BCUT2D eigenvalue weighted by molar-refractivity contribution is -0.116. The first kappa shape index (κ1) is 24.7. The van der Waals surface area contributed by atoms with Crippen LogP contribution in [0, 0.1) is 13.8 Å². The van der Waals surface area contributed by atoms with Crippen LogP contribution in [-0.2, 0) is 4.79 Å². The number of nitrogens with one attached hydrogen (secondary N) is 2. The zero-order valence-electron chi connectivity index (χ0n) is 21.3. The highest BCUT2D eigenvalue weighted by Crippen LogP contribution is 2.40. The van der Waals surface area contributed by atoms with E-state index in [9.17, 15) is 14.4 Å². The molecule has 1 atom stereocenters. The second kappa shape index (κ2) is 10.6. The number of benzene rings is 3. The molecule has 2 aliphatic heterocycles. The van der Waals surface area contributed by atoms with Crippen LogP contribution in [0.3, 0.4) is 0 Å². The molecule has 1 fully saturated rings. The van der Waals surface area contributed by atoms with Gasteiger partial charge in [0.05, 0.1) is 23.8 Å². The third-order valence-corrected chi connectivity index (χ3v) is 7.04. The SMILES string of the molecule is Cc1ccc(C2CC(=O)Nc3cc(C(=O)N4CCCNCC4)ccc3N2C(=O)c2cccc(C)c2)cc1. The van der Waals surface area contributed by atoms with Gasteiger partial charge in [-0.2, -0.15) is 0 Å². The van der Waals surface area contributed by atoms with Gasteiger partial charge in [-0.05, 0) is 62.7 Å². The molecule has 3 aromatic carbocycles. The van der Waals surface area contributed by atoms with Crippen LogP contribution in [0.4, 0.5) is 11.4 Å². The molecule has 7 heteroatoms. The van der Waals surface area contributed by atoms with Crippen molar-refractivity contribution < 1.29 is 14.4 Å². The lowest BCUT2D eigenvalue weighted by Gasteiger charge is -2.31. The summed E-state index contributed by atoms with van der Waals surface area (Å²) in [5, 5.41) is 6.29. The fraction of sp³-hybridized carbons (Fsp3) is 0.300. The molecule has 7 nitrogen and oxygen atoms in total. The topological polar surface area (TPSA) is 81.8 Å². The van der Waals surface area contributed by atoms with E-state index < -0.39 is 6.04 Å². The fourth-order valence-corrected chi connectivity index (χ4v) is 5.07. The largest absolute Gasteiger partial charge is 0.337 e. The Bertz CT molecular complexity index is 1330. The summed E-state index contributed by atoms with van der Waals surface area (Å²) in [6.45, 7) is 6.92.